The summed E-state index contributed by atoms with van der Waals surface area (Å²) in [6, 6.07) is 5.07. The Morgan fingerprint density at radius 3 is 2.40 bits per heavy atom. The third kappa shape index (κ3) is 1.48. The molecular formula is C10H9F3N2. The molecule has 0 saturated heterocycles. The molecule has 2 heterocycles. The Bertz CT molecular complexity index is 511. The predicted octanol–water partition coefficient (Wildman–Crippen LogP) is 2.97. The minimum absolute atomic E-state index is 0.172. The molecule has 0 spiro atoms. The number of halogens is 3. The molecule has 2 nitrogen and oxygen atoms in total. The van der Waals surface area contributed by atoms with Crippen LogP contribution < -0.4 is 0 Å². The lowest BCUT2D eigenvalue weighted by atomic mass is 10.2. The van der Waals surface area contributed by atoms with Crippen LogP contribution in [0.5, 0.6) is 0 Å². The zero-order valence-electron chi connectivity index (χ0n) is 8.26. The summed E-state index contributed by atoms with van der Waals surface area (Å²) in [5.74, 6) is 0. The maximum Gasteiger partial charge on any atom is 0.435 e. The fourth-order valence-corrected chi connectivity index (χ4v) is 1.59. The van der Waals surface area contributed by atoms with Gasteiger partial charge in [-0.1, -0.05) is 6.07 Å². The van der Waals surface area contributed by atoms with E-state index in [0.717, 1.165) is 0 Å². The third-order valence-corrected chi connectivity index (χ3v) is 2.36. The number of nitrogens with zero attached hydrogens (tertiary/aromatic N) is 2. The molecule has 0 saturated carbocycles. The molecule has 2 rings (SSSR count). The number of rotatable bonds is 0. The van der Waals surface area contributed by atoms with Crippen LogP contribution in [-0.4, -0.2) is 9.61 Å². The van der Waals surface area contributed by atoms with Gasteiger partial charge < -0.3 is 0 Å². The van der Waals surface area contributed by atoms with Crippen molar-refractivity contribution in [1.29, 1.82) is 0 Å². The van der Waals surface area contributed by atoms with Crippen molar-refractivity contribution in [2.45, 2.75) is 20.0 Å². The summed E-state index contributed by atoms with van der Waals surface area (Å²) < 4.78 is 38.9. The predicted molar refractivity (Wildman–Crippen MR) is 49.7 cm³/mol. The average Bonchev–Trinajstić information content (AvgIpc) is 2.45. The molecule has 0 radical (unpaired) electrons. The first-order valence-electron chi connectivity index (χ1n) is 4.43. The summed E-state index contributed by atoms with van der Waals surface area (Å²) in [7, 11) is 0. The van der Waals surface area contributed by atoms with Gasteiger partial charge >= 0.3 is 6.18 Å². The number of alkyl halides is 3. The smallest absolute Gasteiger partial charge is 0.237 e. The Kier molecular flexibility index (Phi) is 1.99. The first kappa shape index (κ1) is 10.0. The molecule has 15 heavy (non-hydrogen) atoms. The molecule has 0 N–H and O–H groups in total. The second-order valence-electron chi connectivity index (χ2n) is 3.44. The summed E-state index contributed by atoms with van der Waals surface area (Å²) in [5, 5.41) is 3.57. The van der Waals surface area contributed by atoms with Crippen molar-refractivity contribution in [2.24, 2.45) is 0 Å². The lowest BCUT2D eigenvalue weighted by molar-refractivity contribution is -0.141. The highest BCUT2D eigenvalue weighted by Gasteiger charge is 2.36. The zero-order chi connectivity index (χ0) is 11.2. The van der Waals surface area contributed by atoms with Crippen molar-refractivity contribution in [2.75, 3.05) is 0 Å². The molecule has 0 amide bonds. The summed E-state index contributed by atoms with van der Waals surface area (Å²) in [5.41, 5.74) is 0.552. The molecule has 0 aliphatic carbocycles. The largest absolute Gasteiger partial charge is 0.435 e. The Morgan fingerprint density at radius 2 is 1.87 bits per heavy atom. The minimum Gasteiger partial charge on any atom is -0.237 e. The van der Waals surface area contributed by atoms with Crippen LogP contribution in [0.4, 0.5) is 13.2 Å². The van der Waals surface area contributed by atoms with Crippen LogP contribution in [-0.2, 0) is 6.18 Å². The first-order chi connectivity index (χ1) is 6.91. The van der Waals surface area contributed by atoms with E-state index in [1.807, 2.05) is 0 Å². The molecule has 0 unspecified atom stereocenters. The molecule has 0 aliphatic rings. The third-order valence-electron chi connectivity index (χ3n) is 2.36. The highest BCUT2D eigenvalue weighted by Crippen LogP contribution is 2.32. The van der Waals surface area contributed by atoms with Gasteiger partial charge in [-0.3, -0.25) is 0 Å². The van der Waals surface area contributed by atoms with Gasteiger partial charge in [0.15, 0.2) is 5.69 Å². The van der Waals surface area contributed by atoms with Gasteiger partial charge in [0, 0.05) is 11.3 Å². The number of aromatic nitrogens is 2. The van der Waals surface area contributed by atoms with E-state index in [2.05, 4.69) is 5.10 Å². The molecule has 0 bridgehead atoms. The Hall–Kier alpha value is -1.52. The van der Waals surface area contributed by atoms with Crippen molar-refractivity contribution < 1.29 is 13.2 Å². The normalized spacial score (nSPS) is 12.3. The molecule has 2 aromatic rings. The van der Waals surface area contributed by atoms with E-state index < -0.39 is 11.9 Å². The molecule has 80 valence electrons. The van der Waals surface area contributed by atoms with E-state index in [1.54, 1.807) is 25.1 Å². The van der Waals surface area contributed by atoms with Crippen LogP contribution in [0.15, 0.2) is 18.2 Å². The van der Waals surface area contributed by atoms with Crippen LogP contribution in [0.3, 0.4) is 0 Å². The van der Waals surface area contributed by atoms with Crippen molar-refractivity contribution in [1.82, 2.24) is 9.61 Å². The van der Waals surface area contributed by atoms with Crippen LogP contribution in [0.2, 0.25) is 0 Å². The van der Waals surface area contributed by atoms with Gasteiger partial charge in [0.25, 0.3) is 0 Å². The van der Waals surface area contributed by atoms with E-state index in [9.17, 15) is 13.2 Å². The van der Waals surface area contributed by atoms with Gasteiger partial charge in [0.1, 0.15) is 0 Å². The molecule has 0 aliphatic heterocycles. The van der Waals surface area contributed by atoms with Gasteiger partial charge in [-0.05, 0) is 26.0 Å². The summed E-state index contributed by atoms with van der Waals surface area (Å²) in [4.78, 5) is 0. The quantitative estimate of drug-likeness (QED) is 0.659. The van der Waals surface area contributed by atoms with Crippen LogP contribution in [0, 0.1) is 13.8 Å². The average molecular weight is 214 g/mol. The second-order valence-corrected chi connectivity index (χ2v) is 3.44. The van der Waals surface area contributed by atoms with Gasteiger partial charge in [-0.15, -0.1) is 0 Å². The molecular weight excluding hydrogens is 205 g/mol. The number of pyridine rings is 1. The maximum atomic E-state index is 12.5. The SMILES string of the molecule is Cc1c(C(F)(F)F)nn2c(C)cccc12. The van der Waals surface area contributed by atoms with Gasteiger partial charge in [-0.2, -0.15) is 18.3 Å². The van der Waals surface area contributed by atoms with Crippen molar-refractivity contribution in [3.63, 3.8) is 0 Å². The highest BCUT2D eigenvalue weighted by atomic mass is 19.4. The lowest BCUT2D eigenvalue weighted by Crippen LogP contribution is -2.07. The first-order valence-corrected chi connectivity index (χ1v) is 4.43. The van der Waals surface area contributed by atoms with Crippen LogP contribution >= 0.6 is 0 Å². The Morgan fingerprint density at radius 1 is 1.20 bits per heavy atom. The number of fused-ring (bicyclic) bond motifs is 1. The van der Waals surface area contributed by atoms with Crippen LogP contribution in [0.25, 0.3) is 5.52 Å². The standard InChI is InChI=1S/C10H9F3N2/c1-6-4-3-5-8-7(2)9(10(11,12)13)14-15(6)8/h3-5H,1-2H3. The monoisotopic (exact) mass is 214 g/mol. The molecule has 5 heteroatoms. The van der Waals surface area contributed by atoms with Gasteiger partial charge in [0.2, 0.25) is 0 Å². The van der Waals surface area contributed by atoms with E-state index in [1.165, 1.54) is 11.4 Å². The molecule has 2 aromatic heterocycles. The van der Waals surface area contributed by atoms with E-state index in [0.29, 0.717) is 11.2 Å². The van der Waals surface area contributed by atoms with Crippen molar-refractivity contribution in [3.8, 4) is 0 Å². The topological polar surface area (TPSA) is 17.3 Å². The summed E-state index contributed by atoms with van der Waals surface area (Å²) >= 11 is 0. The fourth-order valence-electron chi connectivity index (χ4n) is 1.59. The minimum atomic E-state index is -4.39. The molecule has 0 fully saturated rings. The summed E-state index contributed by atoms with van der Waals surface area (Å²) in [6.07, 6.45) is -4.39. The molecule has 0 atom stereocenters. The lowest BCUT2D eigenvalue weighted by Gasteiger charge is -2.01. The number of hydrogen-bond acceptors (Lipinski definition) is 1. The van der Waals surface area contributed by atoms with E-state index in [4.69, 9.17) is 0 Å². The highest BCUT2D eigenvalue weighted by molar-refractivity contribution is 5.57. The van der Waals surface area contributed by atoms with E-state index >= 15 is 0 Å². The van der Waals surface area contributed by atoms with Crippen molar-refractivity contribution in [3.05, 3.63) is 35.2 Å². The van der Waals surface area contributed by atoms with Gasteiger partial charge in [0.05, 0.1) is 5.52 Å². The Labute approximate surface area is 84.3 Å². The van der Waals surface area contributed by atoms with Gasteiger partial charge in [-0.25, -0.2) is 4.52 Å². The maximum absolute atomic E-state index is 12.5. The molecule has 0 aromatic carbocycles. The summed E-state index contributed by atoms with van der Waals surface area (Å²) in [6.45, 7) is 3.16. The Balaban J connectivity index is 2.81. The fraction of sp³-hybridized carbons (Fsp3) is 0.300. The second kappa shape index (κ2) is 2.98. The van der Waals surface area contributed by atoms with Crippen molar-refractivity contribution >= 4 is 5.52 Å². The van der Waals surface area contributed by atoms with E-state index in [-0.39, 0.29) is 5.56 Å². The number of hydrogen-bond donors (Lipinski definition) is 0. The van der Waals surface area contributed by atoms with Crippen LogP contribution in [0.1, 0.15) is 17.0 Å². The zero-order valence-corrected chi connectivity index (χ0v) is 8.26. The number of aryl methyl sites for hydroxylation is 2.